The molecule has 0 radical (unpaired) electrons. The number of aliphatic hydroxyl groups excluding tert-OH is 1. The summed E-state index contributed by atoms with van der Waals surface area (Å²) in [5.41, 5.74) is 2.02. The number of phenols is 1. The number of amides is 1. The van der Waals surface area contributed by atoms with Gasteiger partial charge in [0.1, 0.15) is 5.76 Å². The Bertz CT molecular complexity index is 980. The maximum atomic E-state index is 12.9. The minimum absolute atomic E-state index is 0.00835. The standard InChI is InChI=1S/C23H25NO6/c1-14-5-7-15(8-6-14)21(26)19-20(16-9-10-17(25)18(13-16)30-3)24(11-4-12-29-2)23(28)22(19)27/h5-10,13,20,25-26H,4,11-12H2,1-3H3/t20-/m1/s1. The lowest BCUT2D eigenvalue weighted by Gasteiger charge is -2.25. The number of aromatic hydroxyl groups is 1. The number of methoxy groups -OCH3 is 2. The van der Waals surface area contributed by atoms with E-state index in [0.717, 1.165) is 5.56 Å². The predicted octanol–water partition coefficient (Wildman–Crippen LogP) is 3.17. The number of hydrogen-bond acceptors (Lipinski definition) is 6. The fourth-order valence-corrected chi connectivity index (χ4v) is 3.57. The maximum absolute atomic E-state index is 12.9. The normalized spacial score (nSPS) is 18.1. The molecule has 1 amide bonds. The number of Topliss-reactive ketones (excluding diaryl/α,β-unsaturated/α-hetero) is 1. The molecule has 1 fully saturated rings. The van der Waals surface area contributed by atoms with Crippen molar-refractivity contribution in [3.05, 3.63) is 64.7 Å². The van der Waals surface area contributed by atoms with Gasteiger partial charge in [-0.15, -0.1) is 0 Å². The minimum Gasteiger partial charge on any atom is -0.507 e. The molecule has 7 heteroatoms. The van der Waals surface area contributed by atoms with E-state index in [1.54, 1.807) is 31.4 Å². The van der Waals surface area contributed by atoms with Gasteiger partial charge in [0.05, 0.1) is 18.7 Å². The van der Waals surface area contributed by atoms with Crippen LogP contribution in [0.1, 0.15) is 29.2 Å². The number of carbonyl (C=O) groups is 2. The second-order valence-corrected chi connectivity index (χ2v) is 7.14. The van der Waals surface area contributed by atoms with Gasteiger partial charge in [-0.3, -0.25) is 9.59 Å². The fourth-order valence-electron chi connectivity index (χ4n) is 3.57. The second kappa shape index (κ2) is 9.00. The monoisotopic (exact) mass is 411 g/mol. The van der Waals surface area contributed by atoms with Gasteiger partial charge >= 0.3 is 0 Å². The first-order valence-corrected chi connectivity index (χ1v) is 9.60. The molecule has 158 valence electrons. The second-order valence-electron chi connectivity index (χ2n) is 7.14. The van der Waals surface area contributed by atoms with Gasteiger partial charge in [0, 0.05) is 25.8 Å². The molecule has 0 unspecified atom stereocenters. The number of aliphatic hydroxyl groups is 1. The summed E-state index contributed by atoms with van der Waals surface area (Å²) in [6, 6.07) is 10.9. The van der Waals surface area contributed by atoms with Crippen molar-refractivity contribution in [3.63, 3.8) is 0 Å². The molecule has 1 saturated heterocycles. The van der Waals surface area contributed by atoms with Gasteiger partial charge in [0.25, 0.3) is 11.7 Å². The molecule has 1 aliphatic heterocycles. The van der Waals surface area contributed by atoms with Crippen molar-refractivity contribution in [2.75, 3.05) is 27.4 Å². The highest BCUT2D eigenvalue weighted by molar-refractivity contribution is 6.46. The summed E-state index contributed by atoms with van der Waals surface area (Å²) in [7, 11) is 2.98. The summed E-state index contributed by atoms with van der Waals surface area (Å²) in [4.78, 5) is 27.2. The van der Waals surface area contributed by atoms with Crippen molar-refractivity contribution in [3.8, 4) is 11.5 Å². The van der Waals surface area contributed by atoms with E-state index in [4.69, 9.17) is 9.47 Å². The number of nitrogens with zero attached hydrogens (tertiary/aromatic N) is 1. The zero-order chi connectivity index (χ0) is 21.8. The van der Waals surface area contributed by atoms with E-state index in [1.807, 2.05) is 19.1 Å². The van der Waals surface area contributed by atoms with Crippen LogP contribution in [-0.2, 0) is 14.3 Å². The zero-order valence-corrected chi connectivity index (χ0v) is 17.2. The van der Waals surface area contributed by atoms with Gasteiger partial charge in [-0.05, 0) is 31.0 Å². The van der Waals surface area contributed by atoms with E-state index in [2.05, 4.69) is 0 Å². The first-order valence-electron chi connectivity index (χ1n) is 9.60. The first kappa shape index (κ1) is 21.4. The van der Waals surface area contributed by atoms with E-state index in [-0.39, 0.29) is 29.4 Å². The molecule has 3 rings (SSSR count). The van der Waals surface area contributed by atoms with Crippen molar-refractivity contribution < 1.29 is 29.3 Å². The Hall–Kier alpha value is -3.32. The predicted molar refractivity (Wildman–Crippen MR) is 111 cm³/mol. The van der Waals surface area contributed by atoms with E-state index < -0.39 is 17.7 Å². The summed E-state index contributed by atoms with van der Waals surface area (Å²) in [6.07, 6.45) is 0.528. The number of hydrogen-bond donors (Lipinski definition) is 2. The topological polar surface area (TPSA) is 96.3 Å². The molecule has 0 aromatic heterocycles. The third-order valence-electron chi connectivity index (χ3n) is 5.13. The molecular formula is C23H25NO6. The van der Waals surface area contributed by atoms with Crippen LogP contribution < -0.4 is 4.74 Å². The zero-order valence-electron chi connectivity index (χ0n) is 17.2. The number of benzene rings is 2. The number of carbonyl (C=O) groups excluding carboxylic acids is 2. The van der Waals surface area contributed by atoms with Crippen molar-refractivity contribution in [2.24, 2.45) is 0 Å². The Morgan fingerprint density at radius 3 is 2.43 bits per heavy atom. The van der Waals surface area contributed by atoms with Gasteiger partial charge in [0.15, 0.2) is 11.5 Å². The van der Waals surface area contributed by atoms with Crippen LogP contribution in [0.4, 0.5) is 0 Å². The quantitative estimate of drug-likeness (QED) is 0.314. The van der Waals surface area contributed by atoms with Crippen LogP contribution in [0, 0.1) is 6.92 Å². The number of aryl methyl sites for hydroxylation is 1. The van der Waals surface area contributed by atoms with Gasteiger partial charge < -0.3 is 24.6 Å². The van der Waals surface area contributed by atoms with E-state index in [0.29, 0.717) is 24.2 Å². The highest BCUT2D eigenvalue weighted by Gasteiger charge is 2.46. The molecular weight excluding hydrogens is 386 g/mol. The molecule has 1 heterocycles. The molecule has 7 nitrogen and oxygen atoms in total. The van der Waals surface area contributed by atoms with Gasteiger partial charge in [-0.25, -0.2) is 0 Å². The fraction of sp³-hybridized carbons (Fsp3) is 0.304. The van der Waals surface area contributed by atoms with Crippen LogP contribution in [0.5, 0.6) is 11.5 Å². The molecule has 1 aliphatic rings. The van der Waals surface area contributed by atoms with Crippen LogP contribution in [0.2, 0.25) is 0 Å². The van der Waals surface area contributed by atoms with Crippen LogP contribution >= 0.6 is 0 Å². The van der Waals surface area contributed by atoms with E-state index in [9.17, 15) is 19.8 Å². The average molecular weight is 411 g/mol. The Morgan fingerprint density at radius 2 is 1.80 bits per heavy atom. The van der Waals surface area contributed by atoms with Crippen LogP contribution in [0.3, 0.4) is 0 Å². The number of rotatable bonds is 7. The largest absolute Gasteiger partial charge is 0.507 e. The molecule has 2 aromatic carbocycles. The van der Waals surface area contributed by atoms with Crippen molar-refractivity contribution >= 4 is 17.4 Å². The highest BCUT2D eigenvalue weighted by Crippen LogP contribution is 2.41. The van der Waals surface area contributed by atoms with Crippen molar-refractivity contribution in [2.45, 2.75) is 19.4 Å². The van der Waals surface area contributed by atoms with E-state index >= 15 is 0 Å². The number of likely N-dealkylation sites (tertiary alicyclic amines) is 1. The van der Waals surface area contributed by atoms with Crippen LogP contribution in [0.25, 0.3) is 5.76 Å². The lowest BCUT2D eigenvalue weighted by molar-refractivity contribution is -0.140. The molecule has 30 heavy (non-hydrogen) atoms. The molecule has 2 aromatic rings. The molecule has 0 bridgehead atoms. The lowest BCUT2D eigenvalue weighted by atomic mass is 9.94. The average Bonchev–Trinajstić information content (AvgIpc) is 2.99. The lowest BCUT2D eigenvalue weighted by Crippen LogP contribution is -2.31. The number of ether oxygens (including phenoxy) is 2. The maximum Gasteiger partial charge on any atom is 0.295 e. The summed E-state index contributed by atoms with van der Waals surface area (Å²) < 4.78 is 10.3. The minimum atomic E-state index is -0.808. The third kappa shape index (κ3) is 4.02. The summed E-state index contributed by atoms with van der Waals surface area (Å²) in [6.45, 7) is 2.62. The molecule has 0 spiro atoms. The van der Waals surface area contributed by atoms with Crippen LogP contribution in [0.15, 0.2) is 48.0 Å². The SMILES string of the molecule is COCCCN1C(=O)C(=O)C(=C(O)c2ccc(C)cc2)[C@H]1c1ccc(O)c(OC)c1. The number of phenolic OH excluding ortho intramolecular Hbond substituents is 1. The van der Waals surface area contributed by atoms with Crippen molar-refractivity contribution in [1.82, 2.24) is 4.90 Å². The van der Waals surface area contributed by atoms with Gasteiger partial charge in [-0.1, -0.05) is 35.9 Å². The van der Waals surface area contributed by atoms with Gasteiger partial charge in [0.2, 0.25) is 0 Å². The van der Waals surface area contributed by atoms with Crippen LogP contribution in [-0.4, -0.2) is 54.2 Å². The Kier molecular flexibility index (Phi) is 6.42. The third-order valence-corrected chi connectivity index (χ3v) is 5.13. The summed E-state index contributed by atoms with van der Waals surface area (Å²) in [5, 5.41) is 20.9. The smallest absolute Gasteiger partial charge is 0.295 e. The van der Waals surface area contributed by atoms with Gasteiger partial charge in [-0.2, -0.15) is 0 Å². The molecule has 1 atom stereocenters. The highest BCUT2D eigenvalue weighted by atomic mass is 16.5. The van der Waals surface area contributed by atoms with E-state index in [1.165, 1.54) is 18.1 Å². The summed E-state index contributed by atoms with van der Waals surface area (Å²) >= 11 is 0. The molecule has 2 N–H and O–H groups in total. The Morgan fingerprint density at radius 1 is 1.10 bits per heavy atom. The Balaban J connectivity index is 2.15. The molecule has 0 saturated carbocycles. The molecule has 0 aliphatic carbocycles. The number of ketones is 1. The first-order chi connectivity index (χ1) is 14.4. The Labute approximate surface area is 175 Å². The van der Waals surface area contributed by atoms with Crippen molar-refractivity contribution in [1.29, 1.82) is 0 Å². The summed E-state index contributed by atoms with van der Waals surface area (Å²) in [5.74, 6) is -1.51.